The molecule has 0 aromatic heterocycles. The molecule has 0 radical (unpaired) electrons. The van der Waals surface area contributed by atoms with Gasteiger partial charge in [0.1, 0.15) is 0 Å². The average molecular weight is 297 g/mol. The quantitative estimate of drug-likeness (QED) is 0.794. The van der Waals surface area contributed by atoms with Crippen LogP contribution >= 0.6 is 11.8 Å². The molecule has 4 heteroatoms. The van der Waals surface area contributed by atoms with Crippen molar-refractivity contribution in [3.63, 3.8) is 0 Å². The van der Waals surface area contributed by atoms with Gasteiger partial charge in [-0.05, 0) is 43.2 Å². The lowest BCUT2D eigenvalue weighted by atomic mass is 10.0. The van der Waals surface area contributed by atoms with Crippen molar-refractivity contribution in [2.75, 3.05) is 7.05 Å². The molecule has 1 aliphatic heterocycles. The van der Waals surface area contributed by atoms with E-state index < -0.39 is 0 Å². The smallest absolute Gasteiger partial charge is 0.262 e. The number of benzene rings is 2. The monoisotopic (exact) mass is 297 g/mol. The van der Waals surface area contributed by atoms with E-state index in [0.29, 0.717) is 11.1 Å². The third kappa shape index (κ3) is 2.16. The van der Waals surface area contributed by atoms with Crippen LogP contribution < -0.4 is 0 Å². The summed E-state index contributed by atoms with van der Waals surface area (Å²) in [5.41, 5.74) is 3.14. The average Bonchev–Trinajstić information content (AvgIpc) is 2.69. The number of imide groups is 1. The maximum absolute atomic E-state index is 12.4. The summed E-state index contributed by atoms with van der Waals surface area (Å²) in [6, 6.07) is 11.7. The fraction of sp³-hybridized carbons (Fsp3) is 0.176. The molecule has 1 heterocycles. The molecule has 0 fully saturated rings. The van der Waals surface area contributed by atoms with Crippen LogP contribution in [0.4, 0.5) is 0 Å². The zero-order chi connectivity index (χ0) is 15.1. The van der Waals surface area contributed by atoms with Gasteiger partial charge >= 0.3 is 0 Å². The van der Waals surface area contributed by atoms with Crippen molar-refractivity contribution in [3.05, 3.63) is 58.7 Å². The topological polar surface area (TPSA) is 37.4 Å². The van der Waals surface area contributed by atoms with E-state index in [1.807, 2.05) is 50.2 Å². The molecule has 2 aromatic carbocycles. The van der Waals surface area contributed by atoms with Gasteiger partial charge in [-0.15, -0.1) is 0 Å². The highest BCUT2D eigenvalue weighted by atomic mass is 32.2. The second-order valence-electron chi connectivity index (χ2n) is 5.15. The Hall–Kier alpha value is -2.07. The Morgan fingerprint density at radius 2 is 1.67 bits per heavy atom. The third-order valence-corrected chi connectivity index (χ3v) is 5.03. The molecule has 2 aromatic rings. The minimum absolute atomic E-state index is 0.212. The van der Waals surface area contributed by atoms with Gasteiger partial charge in [0.05, 0.1) is 11.1 Å². The third-order valence-electron chi connectivity index (χ3n) is 3.81. The van der Waals surface area contributed by atoms with Crippen LogP contribution in [-0.2, 0) is 0 Å². The van der Waals surface area contributed by atoms with Crippen molar-refractivity contribution in [1.29, 1.82) is 0 Å². The fourth-order valence-electron chi connectivity index (χ4n) is 2.44. The van der Waals surface area contributed by atoms with Crippen molar-refractivity contribution >= 4 is 23.6 Å². The first-order chi connectivity index (χ1) is 10.0. The largest absolute Gasteiger partial charge is 0.277 e. The van der Waals surface area contributed by atoms with Crippen LogP contribution in [0.2, 0.25) is 0 Å². The van der Waals surface area contributed by atoms with Crippen molar-refractivity contribution in [3.8, 4) is 0 Å². The van der Waals surface area contributed by atoms with Crippen LogP contribution in [-0.4, -0.2) is 23.8 Å². The summed E-state index contributed by atoms with van der Waals surface area (Å²) in [5, 5.41) is 0. The molecule has 0 spiro atoms. The van der Waals surface area contributed by atoms with Crippen LogP contribution in [0, 0.1) is 13.8 Å². The minimum atomic E-state index is -0.215. The molecular weight excluding hydrogens is 282 g/mol. The number of aryl methyl sites for hydroxylation is 1. The van der Waals surface area contributed by atoms with Crippen LogP contribution in [0.1, 0.15) is 31.8 Å². The molecule has 21 heavy (non-hydrogen) atoms. The standard InChI is InChI=1S/C17H15NO2S/c1-10-9-13-14(17(20)18(3)16(13)19)15(11(10)2)21-12-7-5-4-6-8-12/h4-9H,1-3H3. The highest BCUT2D eigenvalue weighted by molar-refractivity contribution is 7.99. The van der Waals surface area contributed by atoms with Crippen LogP contribution in [0.3, 0.4) is 0 Å². The highest BCUT2D eigenvalue weighted by Crippen LogP contribution is 2.39. The molecule has 2 amide bonds. The van der Waals surface area contributed by atoms with Crippen LogP contribution in [0.5, 0.6) is 0 Å². The molecule has 3 nitrogen and oxygen atoms in total. The van der Waals surface area contributed by atoms with Crippen molar-refractivity contribution in [2.24, 2.45) is 0 Å². The zero-order valence-corrected chi connectivity index (χ0v) is 13.0. The van der Waals surface area contributed by atoms with Crippen LogP contribution in [0.15, 0.2) is 46.2 Å². The summed E-state index contributed by atoms with van der Waals surface area (Å²) in [6.07, 6.45) is 0. The Balaban J connectivity index is 2.19. The summed E-state index contributed by atoms with van der Waals surface area (Å²) in [4.78, 5) is 27.7. The lowest BCUT2D eigenvalue weighted by Crippen LogP contribution is -2.24. The van der Waals surface area contributed by atoms with Crippen molar-refractivity contribution in [1.82, 2.24) is 4.90 Å². The van der Waals surface area contributed by atoms with Gasteiger partial charge in [-0.2, -0.15) is 0 Å². The normalized spacial score (nSPS) is 13.8. The second kappa shape index (κ2) is 5.04. The van der Waals surface area contributed by atoms with Gasteiger partial charge in [0.25, 0.3) is 11.8 Å². The lowest BCUT2D eigenvalue weighted by Gasteiger charge is -2.12. The molecule has 0 atom stereocenters. The molecule has 3 rings (SSSR count). The SMILES string of the molecule is Cc1cc2c(c(Sc3ccccc3)c1C)C(=O)N(C)C2=O. The van der Waals surface area contributed by atoms with E-state index in [1.165, 1.54) is 11.9 Å². The molecule has 0 saturated heterocycles. The molecule has 0 unspecified atom stereocenters. The van der Waals surface area contributed by atoms with E-state index >= 15 is 0 Å². The summed E-state index contributed by atoms with van der Waals surface area (Å²) in [5.74, 6) is -0.426. The maximum atomic E-state index is 12.4. The number of amides is 2. The predicted octanol–water partition coefficient (Wildman–Crippen LogP) is 3.68. The van der Waals surface area contributed by atoms with Gasteiger partial charge in [-0.25, -0.2) is 0 Å². The van der Waals surface area contributed by atoms with Gasteiger partial charge in [-0.3, -0.25) is 14.5 Å². The molecule has 106 valence electrons. The number of hydrogen-bond acceptors (Lipinski definition) is 3. The van der Waals surface area contributed by atoms with Crippen molar-refractivity contribution in [2.45, 2.75) is 23.6 Å². The number of nitrogens with zero attached hydrogens (tertiary/aromatic N) is 1. The second-order valence-corrected chi connectivity index (χ2v) is 6.24. The Bertz CT molecular complexity index is 753. The first kappa shape index (κ1) is 13.9. The number of carbonyl (C=O) groups excluding carboxylic acids is 2. The summed E-state index contributed by atoms with van der Waals surface area (Å²) in [7, 11) is 1.53. The lowest BCUT2D eigenvalue weighted by molar-refractivity contribution is 0.0692. The van der Waals surface area contributed by atoms with Gasteiger partial charge in [0.15, 0.2) is 0 Å². The predicted molar refractivity (Wildman–Crippen MR) is 82.9 cm³/mol. The maximum Gasteiger partial charge on any atom is 0.262 e. The number of rotatable bonds is 2. The minimum Gasteiger partial charge on any atom is -0.277 e. The van der Waals surface area contributed by atoms with Crippen molar-refractivity contribution < 1.29 is 9.59 Å². The van der Waals surface area contributed by atoms with Crippen LogP contribution in [0.25, 0.3) is 0 Å². The van der Waals surface area contributed by atoms with Gasteiger partial charge in [-0.1, -0.05) is 30.0 Å². The molecular formula is C17H15NO2S. The molecule has 1 aliphatic rings. The Morgan fingerprint density at radius 1 is 1.00 bits per heavy atom. The molecule has 0 saturated carbocycles. The zero-order valence-electron chi connectivity index (χ0n) is 12.1. The van der Waals surface area contributed by atoms with E-state index in [0.717, 1.165) is 20.9 Å². The number of fused-ring (bicyclic) bond motifs is 1. The van der Waals surface area contributed by atoms with Gasteiger partial charge < -0.3 is 0 Å². The summed E-state index contributed by atoms with van der Waals surface area (Å²) in [6.45, 7) is 3.97. The Labute approximate surface area is 128 Å². The van der Waals surface area contributed by atoms with E-state index in [4.69, 9.17) is 0 Å². The van der Waals surface area contributed by atoms with E-state index in [1.54, 1.807) is 11.8 Å². The van der Waals surface area contributed by atoms with E-state index in [9.17, 15) is 9.59 Å². The molecule has 0 bridgehead atoms. The number of hydrogen-bond donors (Lipinski definition) is 0. The Morgan fingerprint density at radius 3 is 2.33 bits per heavy atom. The molecule has 0 N–H and O–H groups in total. The summed E-state index contributed by atoms with van der Waals surface area (Å²) >= 11 is 1.54. The Kier molecular flexibility index (Phi) is 3.33. The number of carbonyl (C=O) groups is 2. The highest BCUT2D eigenvalue weighted by Gasteiger charge is 2.36. The summed E-state index contributed by atoms with van der Waals surface area (Å²) < 4.78 is 0. The van der Waals surface area contributed by atoms with E-state index in [2.05, 4.69) is 0 Å². The van der Waals surface area contributed by atoms with E-state index in [-0.39, 0.29) is 11.8 Å². The fourth-order valence-corrected chi connectivity index (χ4v) is 3.58. The van der Waals surface area contributed by atoms with Gasteiger partial charge in [0, 0.05) is 16.8 Å². The first-order valence-electron chi connectivity index (χ1n) is 6.70. The first-order valence-corrected chi connectivity index (χ1v) is 7.52. The molecule has 0 aliphatic carbocycles. The van der Waals surface area contributed by atoms with Gasteiger partial charge in [0.2, 0.25) is 0 Å².